The zero-order valence-corrected chi connectivity index (χ0v) is 14.1. The molecule has 0 aliphatic carbocycles. The second-order valence-electron chi connectivity index (χ2n) is 5.44. The minimum Gasteiger partial charge on any atom is -0.276 e. The maximum atomic E-state index is 13.4. The minimum absolute atomic E-state index is 0.0861. The lowest BCUT2D eigenvalue weighted by molar-refractivity contribution is 0.516. The van der Waals surface area contributed by atoms with Gasteiger partial charge in [-0.1, -0.05) is 0 Å². The lowest BCUT2D eigenvalue weighted by Gasteiger charge is -2.11. The predicted molar refractivity (Wildman–Crippen MR) is 84.0 cm³/mol. The van der Waals surface area contributed by atoms with Crippen LogP contribution in [0.25, 0.3) is 0 Å². The summed E-state index contributed by atoms with van der Waals surface area (Å²) < 4.78 is 42.5. The molecule has 0 aliphatic rings. The van der Waals surface area contributed by atoms with Gasteiger partial charge in [0.25, 0.3) is 10.0 Å². The minimum atomic E-state index is -3.94. The summed E-state index contributed by atoms with van der Waals surface area (Å²) in [4.78, 5) is -0.174. The van der Waals surface area contributed by atoms with Crippen molar-refractivity contribution in [2.24, 2.45) is 0 Å². The fourth-order valence-electron chi connectivity index (χ4n) is 2.26. The Morgan fingerprint density at radius 3 is 2.52 bits per heavy atom. The van der Waals surface area contributed by atoms with Crippen LogP contribution < -0.4 is 4.72 Å². The van der Waals surface area contributed by atoms with Crippen LogP contribution in [0.5, 0.6) is 0 Å². The van der Waals surface area contributed by atoms with Crippen LogP contribution in [-0.2, 0) is 10.0 Å². The van der Waals surface area contributed by atoms with Crippen molar-refractivity contribution in [2.45, 2.75) is 38.6 Å². The molecule has 0 saturated heterocycles. The topological polar surface area (TPSA) is 87.8 Å². The highest BCUT2D eigenvalue weighted by Gasteiger charge is 2.21. The van der Waals surface area contributed by atoms with E-state index in [0.29, 0.717) is 17.1 Å². The second kappa shape index (κ2) is 6.01. The van der Waals surface area contributed by atoms with Crippen LogP contribution in [0.1, 0.15) is 36.8 Å². The lowest BCUT2D eigenvalue weighted by atomic mass is 10.2. The highest BCUT2D eigenvalue weighted by Crippen LogP contribution is 2.26. The Labute approximate surface area is 134 Å². The summed E-state index contributed by atoms with van der Waals surface area (Å²) in [6.45, 7) is 7.35. The first-order valence-corrected chi connectivity index (χ1v) is 8.44. The van der Waals surface area contributed by atoms with Crippen molar-refractivity contribution in [2.75, 3.05) is 4.72 Å². The molecule has 23 heavy (non-hydrogen) atoms. The second-order valence-corrected chi connectivity index (χ2v) is 7.13. The highest BCUT2D eigenvalue weighted by atomic mass is 32.2. The highest BCUT2D eigenvalue weighted by molar-refractivity contribution is 7.92. The third kappa shape index (κ3) is 3.19. The molecule has 2 aromatic rings. The standard InChI is InChI=1S/C15H17FN4O2S/c1-9(2)20-11(4)15(10(3)18-20)19-23(21,22)13-5-6-14(16)12(7-13)8-17/h5-7,9,19H,1-4H3. The fourth-order valence-corrected chi connectivity index (χ4v) is 3.47. The number of benzene rings is 1. The Balaban J connectivity index is 2.46. The van der Waals surface area contributed by atoms with Crippen LogP contribution in [0.3, 0.4) is 0 Å². The molecule has 0 amide bonds. The summed E-state index contributed by atoms with van der Waals surface area (Å²) in [6.07, 6.45) is 0. The molecule has 0 radical (unpaired) electrons. The predicted octanol–water partition coefficient (Wildman–Crippen LogP) is 2.89. The molecule has 2 rings (SSSR count). The Morgan fingerprint density at radius 1 is 1.35 bits per heavy atom. The lowest BCUT2D eigenvalue weighted by Crippen LogP contribution is -2.15. The fraction of sp³-hybridized carbons (Fsp3) is 0.333. The van der Waals surface area contributed by atoms with Gasteiger partial charge in [-0.15, -0.1) is 0 Å². The average molecular weight is 336 g/mol. The van der Waals surface area contributed by atoms with Crippen molar-refractivity contribution < 1.29 is 12.8 Å². The number of aromatic nitrogens is 2. The van der Waals surface area contributed by atoms with Gasteiger partial charge in [0, 0.05) is 6.04 Å². The SMILES string of the molecule is Cc1nn(C(C)C)c(C)c1NS(=O)(=O)c1ccc(F)c(C#N)c1. The Hall–Kier alpha value is -2.40. The van der Waals surface area contributed by atoms with E-state index in [2.05, 4.69) is 9.82 Å². The van der Waals surface area contributed by atoms with Gasteiger partial charge in [0.1, 0.15) is 11.9 Å². The number of rotatable bonds is 4. The Kier molecular flexibility index (Phi) is 4.43. The van der Waals surface area contributed by atoms with E-state index in [1.165, 1.54) is 0 Å². The van der Waals surface area contributed by atoms with Gasteiger partial charge in [-0.25, -0.2) is 12.8 Å². The van der Waals surface area contributed by atoms with Crippen molar-refractivity contribution in [3.8, 4) is 6.07 Å². The monoisotopic (exact) mass is 336 g/mol. The molecule has 0 fully saturated rings. The maximum Gasteiger partial charge on any atom is 0.262 e. The normalized spacial score (nSPS) is 11.5. The molecular formula is C15H17FN4O2S. The number of nitriles is 1. The number of hydrogen-bond acceptors (Lipinski definition) is 4. The van der Waals surface area contributed by atoms with E-state index in [-0.39, 0.29) is 16.5 Å². The van der Waals surface area contributed by atoms with Crippen molar-refractivity contribution in [1.82, 2.24) is 9.78 Å². The number of nitrogens with one attached hydrogen (secondary N) is 1. The molecule has 0 atom stereocenters. The van der Waals surface area contributed by atoms with Crippen molar-refractivity contribution >= 4 is 15.7 Å². The van der Waals surface area contributed by atoms with Gasteiger partial charge in [-0.2, -0.15) is 10.4 Å². The maximum absolute atomic E-state index is 13.4. The molecule has 1 aromatic carbocycles. The first kappa shape index (κ1) is 17.0. The Bertz CT molecular complexity index is 895. The third-order valence-corrected chi connectivity index (χ3v) is 4.77. The largest absolute Gasteiger partial charge is 0.276 e. The van der Waals surface area contributed by atoms with Gasteiger partial charge in [-0.3, -0.25) is 9.40 Å². The molecule has 8 heteroatoms. The Morgan fingerprint density at radius 2 is 2.00 bits per heavy atom. The van der Waals surface area contributed by atoms with E-state index < -0.39 is 15.8 Å². The molecular weight excluding hydrogens is 319 g/mol. The first-order chi connectivity index (χ1) is 10.7. The van der Waals surface area contributed by atoms with E-state index >= 15 is 0 Å². The van der Waals surface area contributed by atoms with Gasteiger partial charge in [0.2, 0.25) is 0 Å². The molecule has 0 unspecified atom stereocenters. The van der Waals surface area contributed by atoms with Gasteiger partial charge in [-0.05, 0) is 45.9 Å². The number of hydrogen-bond donors (Lipinski definition) is 1. The summed E-state index contributed by atoms with van der Waals surface area (Å²) in [5.41, 5.74) is 1.30. The van der Waals surface area contributed by atoms with E-state index in [0.717, 1.165) is 18.2 Å². The zero-order valence-electron chi connectivity index (χ0n) is 13.3. The first-order valence-electron chi connectivity index (χ1n) is 6.95. The van der Waals surface area contributed by atoms with Crippen LogP contribution in [-0.4, -0.2) is 18.2 Å². The van der Waals surface area contributed by atoms with E-state index in [9.17, 15) is 12.8 Å². The quantitative estimate of drug-likeness (QED) is 0.930. The molecule has 122 valence electrons. The van der Waals surface area contributed by atoms with Crippen LogP contribution in [0.4, 0.5) is 10.1 Å². The molecule has 0 spiro atoms. The van der Waals surface area contributed by atoms with Crippen molar-refractivity contribution in [1.29, 1.82) is 5.26 Å². The van der Waals surface area contributed by atoms with E-state index in [1.807, 2.05) is 13.8 Å². The summed E-state index contributed by atoms with van der Waals surface area (Å²) >= 11 is 0. The van der Waals surface area contributed by atoms with Gasteiger partial charge in [0.15, 0.2) is 0 Å². The van der Waals surface area contributed by atoms with Crippen LogP contribution >= 0.6 is 0 Å². The molecule has 1 heterocycles. The third-order valence-electron chi connectivity index (χ3n) is 3.42. The number of sulfonamides is 1. The van der Waals surface area contributed by atoms with E-state index in [1.54, 1.807) is 24.6 Å². The molecule has 1 N–H and O–H groups in total. The molecule has 0 saturated carbocycles. The van der Waals surface area contributed by atoms with Gasteiger partial charge >= 0.3 is 0 Å². The summed E-state index contributed by atoms with van der Waals surface area (Å²) in [6, 6.07) is 4.81. The molecule has 1 aromatic heterocycles. The van der Waals surface area contributed by atoms with Gasteiger partial charge in [0.05, 0.1) is 27.5 Å². The van der Waals surface area contributed by atoms with Crippen LogP contribution in [0.2, 0.25) is 0 Å². The molecule has 0 aliphatic heterocycles. The molecule has 6 nitrogen and oxygen atoms in total. The van der Waals surface area contributed by atoms with Crippen molar-refractivity contribution in [3.05, 3.63) is 41.0 Å². The smallest absolute Gasteiger partial charge is 0.262 e. The van der Waals surface area contributed by atoms with E-state index in [4.69, 9.17) is 5.26 Å². The number of nitrogens with zero attached hydrogens (tertiary/aromatic N) is 3. The number of halogens is 1. The van der Waals surface area contributed by atoms with Crippen molar-refractivity contribution in [3.63, 3.8) is 0 Å². The molecule has 0 bridgehead atoms. The average Bonchev–Trinajstić information content (AvgIpc) is 2.75. The van der Waals surface area contributed by atoms with Gasteiger partial charge < -0.3 is 0 Å². The summed E-state index contributed by atoms with van der Waals surface area (Å²) in [7, 11) is -3.94. The van der Waals surface area contributed by atoms with Crippen LogP contribution in [0, 0.1) is 31.0 Å². The van der Waals surface area contributed by atoms with Crippen LogP contribution in [0.15, 0.2) is 23.1 Å². The summed E-state index contributed by atoms with van der Waals surface area (Å²) in [5.74, 6) is -0.758. The number of anilines is 1. The number of aryl methyl sites for hydroxylation is 1. The zero-order chi connectivity index (χ0) is 17.4. The summed E-state index contributed by atoms with van der Waals surface area (Å²) in [5, 5.41) is 13.1.